The van der Waals surface area contributed by atoms with E-state index < -0.39 is 0 Å². The predicted octanol–water partition coefficient (Wildman–Crippen LogP) is 3.12. The first-order chi connectivity index (χ1) is 8.22. The minimum atomic E-state index is 0.366. The minimum Gasteiger partial charge on any atom is -0.484 e. The SMILES string of the molecule is COC(=N)CCCc1cn(C)c2ccccc12. The van der Waals surface area contributed by atoms with Gasteiger partial charge in [0.05, 0.1) is 7.11 Å². The summed E-state index contributed by atoms with van der Waals surface area (Å²) in [6.07, 6.45) is 4.84. The summed E-state index contributed by atoms with van der Waals surface area (Å²) in [4.78, 5) is 0. The molecule has 0 bridgehead atoms. The maximum Gasteiger partial charge on any atom is 0.180 e. The van der Waals surface area contributed by atoms with Crippen molar-refractivity contribution >= 4 is 16.8 Å². The summed E-state index contributed by atoms with van der Waals surface area (Å²) >= 11 is 0. The Labute approximate surface area is 102 Å². The van der Waals surface area contributed by atoms with Gasteiger partial charge < -0.3 is 9.30 Å². The number of aryl methyl sites for hydroxylation is 2. The van der Waals surface area contributed by atoms with Crippen molar-refractivity contribution in [3.63, 3.8) is 0 Å². The molecule has 2 aromatic rings. The zero-order valence-corrected chi connectivity index (χ0v) is 10.4. The lowest BCUT2D eigenvalue weighted by molar-refractivity contribution is 0.384. The molecule has 0 spiro atoms. The van der Waals surface area contributed by atoms with Gasteiger partial charge in [-0.2, -0.15) is 0 Å². The molecule has 2 rings (SSSR count). The van der Waals surface area contributed by atoms with Crippen LogP contribution in [-0.4, -0.2) is 17.6 Å². The van der Waals surface area contributed by atoms with Crippen LogP contribution in [0.5, 0.6) is 0 Å². The third-order valence-electron chi connectivity index (χ3n) is 3.08. The van der Waals surface area contributed by atoms with Crippen molar-refractivity contribution in [3.05, 3.63) is 36.0 Å². The summed E-state index contributed by atoms with van der Waals surface area (Å²) in [5.74, 6) is 0.366. The Balaban J connectivity index is 2.11. The molecule has 1 N–H and O–H groups in total. The first kappa shape index (κ1) is 11.7. The fraction of sp³-hybridized carbons (Fsp3) is 0.357. The van der Waals surface area contributed by atoms with Gasteiger partial charge in [0.15, 0.2) is 5.90 Å². The number of hydrogen-bond donors (Lipinski definition) is 1. The van der Waals surface area contributed by atoms with Crippen LogP contribution in [0, 0.1) is 5.41 Å². The molecule has 0 saturated carbocycles. The van der Waals surface area contributed by atoms with E-state index in [1.165, 1.54) is 16.5 Å². The van der Waals surface area contributed by atoms with Gasteiger partial charge in [-0.05, 0) is 24.5 Å². The summed E-state index contributed by atoms with van der Waals surface area (Å²) in [6.45, 7) is 0. The van der Waals surface area contributed by atoms with E-state index in [2.05, 4.69) is 42.1 Å². The first-order valence-corrected chi connectivity index (χ1v) is 5.86. The molecule has 0 aliphatic heterocycles. The molecule has 1 aromatic carbocycles. The van der Waals surface area contributed by atoms with Crippen molar-refractivity contribution < 1.29 is 4.74 Å². The second-order valence-electron chi connectivity index (χ2n) is 4.26. The highest BCUT2D eigenvalue weighted by molar-refractivity contribution is 5.83. The number of methoxy groups -OCH3 is 1. The molecule has 3 heteroatoms. The van der Waals surface area contributed by atoms with Gasteiger partial charge in [0.2, 0.25) is 0 Å². The van der Waals surface area contributed by atoms with Crippen molar-refractivity contribution in [3.8, 4) is 0 Å². The fourth-order valence-corrected chi connectivity index (χ4v) is 2.17. The molecule has 3 nitrogen and oxygen atoms in total. The Bertz CT molecular complexity index is 528. The van der Waals surface area contributed by atoms with Gasteiger partial charge in [-0.1, -0.05) is 18.2 Å². The number of para-hydroxylation sites is 1. The summed E-state index contributed by atoms with van der Waals surface area (Å²) in [5.41, 5.74) is 2.62. The highest BCUT2D eigenvalue weighted by Crippen LogP contribution is 2.21. The van der Waals surface area contributed by atoms with Crippen LogP contribution in [0.25, 0.3) is 10.9 Å². The van der Waals surface area contributed by atoms with Crippen molar-refractivity contribution in [2.75, 3.05) is 7.11 Å². The van der Waals surface area contributed by atoms with E-state index >= 15 is 0 Å². The number of nitrogens with zero attached hydrogens (tertiary/aromatic N) is 1. The highest BCUT2D eigenvalue weighted by Gasteiger charge is 2.05. The van der Waals surface area contributed by atoms with Crippen LogP contribution in [0.4, 0.5) is 0 Å². The maximum absolute atomic E-state index is 7.44. The molecular formula is C14H18N2O. The van der Waals surface area contributed by atoms with Crippen LogP contribution in [0.3, 0.4) is 0 Å². The quantitative estimate of drug-likeness (QED) is 0.636. The lowest BCUT2D eigenvalue weighted by Crippen LogP contribution is -1.99. The first-order valence-electron chi connectivity index (χ1n) is 5.86. The summed E-state index contributed by atoms with van der Waals surface area (Å²) in [7, 11) is 3.63. The average molecular weight is 230 g/mol. The van der Waals surface area contributed by atoms with Gasteiger partial charge >= 0.3 is 0 Å². The maximum atomic E-state index is 7.44. The van der Waals surface area contributed by atoms with E-state index in [1.54, 1.807) is 7.11 Å². The van der Waals surface area contributed by atoms with Crippen molar-refractivity contribution in [1.29, 1.82) is 5.41 Å². The smallest absolute Gasteiger partial charge is 0.180 e. The van der Waals surface area contributed by atoms with Gasteiger partial charge in [-0.25, -0.2) is 0 Å². The number of rotatable bonds is 4. The Morgan fingerprint density at radius 2 is 2.12 bits per heavy atom. The molecule has 0 radical (unpaired) electrons. The van der Waals surface area contributed by atoms with Crippen LogP contribution in [0.2, 0.25) is 0 Å². The molecule has 0 aliphatic carbocycles. The van der Waals surface area contributed by atoms with E-state index in [0.29, 0.717) is 12.3 Å². The second kappa shape index (κ2) is 5.04. The lowest BCUT2D eigenvalue weighted by atomic mass is 10.1. The fourth-order valence-electron chi connectivity index (χ4n) is 2.17. The van der Waals surface area contributed by atoms with E-state index in [1.807, 2.05) is 0 Å². The van der Waals surface area contributed by atoms with Gasteiger partial charge in [0.1, 0.15) is 0 Å². The third kappa shape index (κ3) is 2.49. The van der Waals surface area contributed by atoms with Crippen LogP contribution in [0.1, 0.15) is 18.4 Å². The second-order valence-corrected chi connectivity index (χ2v) is 4.26. The molecule has 1 aromatic heterocycles. The van der Waals surface area contributed by atoms with E-state index in [-0.39, 0.29) is 0 Å². The Kier molecular flexibility index (Phi) is 3.47. The molecule has 90 valence electrons. The lowest BCUT2D eigenvalue weighted by Gasteiger charge is -2.01. The molecule has 0 saturated heterocycles. The van der Waals surface area contributed by atoms with Crippen LogP contribution in [-0.2, 0) is 18.2 Å². The van der Waals surface area contributed by atoms with Crippen molar-refractivity contribution in [2.45, 2.75) is 19.3 Å². The van der Waals surface area contributed by atoms with E-state index in [9.17, 15) is 0 Å². The van der Waals surface area contributed by atoms with E-state index in [0.717, 1.165) is 12.8 Å². The highest BCUT2D eigenvalue weighted by atomic mass is 16.5. The predicted molar refractivity (Wildman–Crippen MR) is 70.6 cm³/mol. The number of ether oxygens (including phenoxy) is 1. The molecular weight excluding hydrogens is 212 g/mol. The summed E-state index contributed by atoms with van der Waals surface area (Å²) in [6, 6.07) is 8.43. The average Bonchev–Trinajstić information content (AvgIpc) is 2.67. The van der Waals surface area contributed by atoms with Crippen LogP contribution < -0.4 is 0 Å². The van der Waals surface area contributed by atoms with Crippen LogP contribution >= 0.6 is 0 Å². The van der Waals surface area contributed by atoms with Gasteiger partial charge in [0.25, 0.3) is 0 Å². The zero-order chi connectivity index (χ0) is 12.3. The molecule has 0 aliphatic rings. The number of hydrogen-bond acceptors (Lipinski definition) is 2. The Morgan fingerprint density at radius 3 is 2.88 bits per heavy atom. The van der Waals surface area contributed by atoms with Gasteiger partial charge in [0, 0.05) is 30.6 Å². The molecule has 0 atom stereocenters. The number of nitrogens with one attached hydrogen (secondary N) is 1. The van der Waals surface area contributed by atoms with Crippen molar-refractivity contribution in [2.24, 2.45) is 7.05 Å². The number of aromatic nitrogens is 1. The number of fused-ring (bicyclic) bond motifs is 1. The van der Waals surface area contributed by atoms with Crippen LogP contribution in [0.15, 0.2) is 30.5 Å². The van der Waals surface area contributed by atoms with E-state index in [4.69, 9.17) is 10.1 Å². The topological polar surface area (TPSA) is 38.0 Å². The molecule has 0 unspecified atom stereocenters. The largest absolute Gasteiger partial charge is 0.484 e. The molecule has 0 fully saturated rings. The summed E-state index contributed by atoms with van der Waals surface area (Å²) in [5, 5.41) is 8.76. The molecule has 0 amide bonds. The monoisotopic (exact) mass is 230 g/mol. The number of benzene rings is 1. The normalized spacial score (nSPS) is 10.7. The molecule has 1 heterocycles. The zero-order valence-electron chi connectivity index (χ0n) is 10.4. The Morgan fingerprint density at radius 1 is 1.35 bits per heavy atom. The molecule has 17 heavy (non-hydrogen) atoms. The minimum absolute atomic E-state index is 0.366. The summed E-state index contributed by atoms with van der Waals surface area (Å²) < 4.78 is 7.02. The third-order valence-corrected chi connectivity index (χ3v) is 3.08. The Hall–Kier alpha value is -1.77. The standard InChI is InChI=1S/C14H18N2O/c1-16-10-11(6-5-9-14(15)17-2)12-7-3-4-8-13(12)16/h3-4,7-8,10,15H,5-6,9H2,1-2H3. The van der Waals surface area contributed by atoms with Crippen molar-refractivity contribution in [1.82, 2.24) is 4.57 Å². The van der Waals surface area contributed by atoms with Gasteiger partial charge in [-0.3, -0.25) is 5.41 Å². The van der Waals surface area contributed by atoms with Gasteiger partial charge in [-0.15, -0.1) is 0 Å².